The topological polar surface area (TPSA) is 141 Å². The third kappa shape index (κ3) is 9.06. The molecule has 0 bridgehead atoms. The van der Waals surface area contributed by atoms with Gasteiger partial charge in [0.1, 0.15) is 23.0 Å². The quantitative estimate of drug-likeness (QED) is 0.319. The van der Waals surface area contributed by atoms with Crippen molar-refractivity contribution in [1.82, 2.24) is 24.7 Å². The zero-order valence-corrected chi connectivity index (χ0v) is 29.6. The van der Waals surface area contributed by atoms with E-state index in [1.807, 2.05) is 63.8 Å². The molecule has 1 aromatic heterocycles. The molecule has 2 aliphatic heterocycles. The summed E-state index contributed by atoms with van der Waals surface area (Å²) in [5, 5.41) is 13.4. The van der Waals surface area contributed by atoms with Gasteiger partial charge in [0.2, 0.25) is 5.91 Å². The maximum atomic E-state index is 14.4. The van der Waals surface area contributed by atoms with Crippen molar-refractivity contribution >= 4 is 29.4 Å². The van der Waals surface area contributed by atoms with Gasteiger partial charge in [-0.1, -0.05) is 46.8 Å². The lowest BCUT2D eigenvalue weighted by molar-refractivity contribution is -0.138. The average molecular weight is 668 g/mol. The first-order valence-corrected chi connectivity index (χ1v) is 16.9. The van der Waals surface area contributed by atoms with Crippen molar-refractivity contribution in [3.63, 3.8) is 0 Å². The molecule has 0 radical (unpaired) electrons. The molecule has 0 spiro atoms. The van der Waals surface area contributed by atoms with Gasteiger partial charge < -0.3 is 39.5 Å². The van der Waals surface area contributed by atoms with Gasteiger partial charge in [-0.3, -0.25) is 9.59 Å². The van der Waals surface area contributed by atoms with Crippen molar-refractivity contribution in [3.8, 4) is 5.75 Å². The van der Waals surface area contributed by atoms with Crippen molar-refractivity contribution < 1.29 is 29.0 Å². The monoisotopic (exact) mass is 667 g/mol. The van der Waals surface area contributed by atoms with Crippen molar-refractivity contribution in [2.24, 2.45) is 11.8 Å². The number of nitrogens with one attached hydrogen (secondary N) is 1. The van der Waals surface area contributed by atoms with Crippen LogP contribution in [0.2, 0.25) is 0 Å². The Labute approximate surface area is 284 Å². The maximum Gasteiger partial charge on any atom is 0.407 e. The second-order valence-corrected chi connectivity index (χ2v) is 14.1. The molecule has 13 heteroatoms. The van der Waals surface area contributed by atoms with Crippen molar-refractivity contribution in [1.29, 1.82) is 0 Å². The molecule has 2 N–H and O–H groups in total. The zero-order chi connectivity index (χ0) is 35.0. The SMILES string of the molecule is COCCCNc1nc(C(C)(C)C)ncc1C(=O)N(CC(C)C)[C@H]1C[C@@H](C(=O)N2CCN(c3ccccc3OC)CC2)CN(C(=O)O)C1. The Bertz CT molecular complexity index is 1410. The van der Waals surface area contributed by atoms with Crippen LogP contribution in [0.1, 0.15) is 63.6 Å². The van der Waals surface area contributed by atoms with Crippen molar-refractivity contribution in [2.75, 3.05) is 83.4 Å². The van der Waals surface area contributed by atoms with E-state index < -0.39 is 18.1 Å². The molecule has 2 saturated heterocycles. The van der Waals surface area contributed by atoms with E-state index in [1.165, 1.54) is 4.90 Å². The normalized spacial score (nSPS) is 18.5. The van der Waals surface area contributed by atoms with Crippen molar-refractivity contribution in [3.05, 3.63) is 41.9 Å². The average Bonchev–Trinajstić information content (AvgIpc) is 3.07. The lowest BCUT2D eigenvalue weighted by Gasteiger charge is -2.44. The molecule has 2 fully saturated rings. The largest absolute Gasteiger partial charge is 0.495 e. The number of hydrogen-bond donors (Lipinski definition) is 2. The Hall–Kier alpha value is -4.13. The summed E-state index contributed by atoms with van der Waals surface area (Å²) in [5.74, 6) is 0.982. The summed E-state index contributed by atoms with van der Waals surface area (Å²) in [7, 11) is 3.29. The van der Waals surface area contributed by atoms with Crippen LogP contribution in [0.4, 0.5) is 16.3 Å². The molecule has 2 atom stereocenters. The number of rotatable bonds is 12. The van der Waals surface area contributed by atoms with E-state index in [0.717, 1.165) is 17.9 Å². The van der Waals surface area contributed by atoms with Crippen LogP contribution < -0.4 is 15.0 Å². The second kappa shape index (κ2) is 16.3. The number of methoxy groups -OCH3 is 2. The highest BCUT2D eigenvalue weighted by Gasteiger charge is 2.41. The number of para-hydroxylation sites is 2. The molecule has 0 saturated carbocycles. The predicted molar refractivity (Wildman–Crippen MR) is 185 cm³/mol. The third-order valence-corrected chi connectivity index (χ3v) is 8.84. The van der Waals surface area contributed by atoms with Crippen molar-refractivity contribution in [2.45, 2.75) is 58.9 Å². The summed E-state index contributed by atoms with van der Waals surface area (Å²) in [6.07, 6.45) is 1.56. The lowest BCUT2D eigenvalue weighted by atomic mass is 9.91. The van der Waals surface area contributed by atoms with E-state index >= 15 is 0 Å². The molecule has 0 aliphatic carbocycles. The zero-order valence-electron chi connectivity index (χ0n) is 29.6. The summed E-state index contributed by atoms with van der Waals surface area (Å²) in [4.78, 5) is 57.2. The summed E-state index contributed by atoms with van der Waals surface area (Å²) in [6, 6.07) is 7.32. The van der Waals surface area contributed by atoms with Gasteiger partial charge in [0.15, 0.2) is 0 Å². The van der Waals surface area contributed by atoms with E-state index in [1.54, 1.807) is 25.3 Å². The van der Waals surface area contributed by atoms with E-state index in [4.69, 9.17) is 14.5 Å². The first kappa shape index (κ1) is 36.7. The van der Waals surface area contributed by atoms with Gasteiger partial charge >= 0.3 is 6.09 Å². The van der Waals surface area contributed by atoms with Crippen LogP contribution in [0.25, 0.3) is 0 Å². The number of nitrogens with zero attached hydrogens (tertiary/aromatic N) is 6. The van der Waals surface area contributed by atoms with Gasteiger partial charge in [-0.2, -0.15) is 0 Å². The first-order valence-electron chi connectivity index (χ1n) is 16.9. The number of carbonyl (C=O) groups excluding carboxylic acids is 2. The van der Waals surface area contributed by atoms with Gasteiger partial charge in [0, 0.05) is 77.7 Å². The number of aromatic nitrogens is 2. The minimum atomic E-state index is -1.10. The van der Waals surface area contributed by atoms with E-state index in [9.17, 15) is 19.5 Å². The molecule has 4 rings (SSSR count). The fourth-order valence-electron chi connectivity index (χ4n) is 6.35. The molecule has 0 unspecified atom stereocenters. The Morgan fingerprint density at radius 2 is 1.77 bits per heavy atom. The molecule has 2 aromatic rings. The van der Waals surface area contributed by atoms with Crippen LogP contribution in [-0.2, 0) is 14.9 Å². The fourth-order valence-corrected chi connectivity index (χ4v) is 6.35. The van der Waals surface area contributed by atoms with Crippen LogP contribution >= 0.6 is 0 Å². The summed E-state index contributed by atoms with van der Waals surface area (Å²) < 4.78 is 10.7. The number of benzene rings is 1. The highest BCUT2D eigenvalue weighted by molar-refractivity contribution is 5.98. The number of likely N-dealkylation sites (tertiary alicyclic amines) is 1. The smallest absolute Gasteiger partial charge is 0.407 e. The number of piperidine rings is 1. The van der Waals surface area contributed by atoms with Gasteiger partial charge in [0.25, 0.3) is 5.91 Å². The Morgan fingerprint density at radius 3 is 2.40 bits per heavy atom. The molecule has 1 aromatic carbocycles. The number of carboxylic acid groups (broad SMARTS) is 1. The third-order valence-electron chi connectivity index (χ3n) is 8.84. The number of amides is 3. The Kier molecular flexibility index (Phi) is 12.5. The Morgan fingerprint density at radius 1 is 1.06 bits per heavy atom. The minimum Gasteiger partial charge on any atom is -0.495 e. The Balaban J connectivity index is 1.57. The molecule has 13 nitrogen and oxygen atoms in total. The first-order chi connectivity index (χ1) is 22.8. The molecule has 3 heterocycles. The predicted octanol–water partition coefficient (Wildman–Crippen LogP) is 4.05. The molecule has 48 heavy (non-hydrogen) atoms. The van der Waals surface area contributed by atoms with Crippen LogP contribution in [0.3, 0.4) is 0 Å². The number of ether oxygens (including phenoxy) is 2. The maximum absolute atomic E-state index is 14.4. The standard InChI is InChI=1S/C35H53N7O6/c1-24(2)21-42(32(44)27-20-37-33(35(3,4)5)38-30(27)36-13-10-18-47-6)26-19-25(22-41(23-26)34(45)46)31(43)40-16-14-39(15-17-40)28-11-8-9-12-29(28)48-7/h8-9,11-12,20,24-26H,10,13-19,21-23H2,1-7H3,(H,45,46)(H,36,37,38)/t25-,26+/m1/s1. The van der Waals surface area contributed by atoms with E-state index in [-0.39, 0.29) is 36.2 Å². The highest BCUT2D eigenvalue weighted by atomic mass is 16.5. The van der Waals surface area contributed by atoms with Gasteiger partial charge in [-0.05, 0) is 30.9 Å². The highest BCUT2D eigenvalue weighted by Crippen LogP contribution is 2.31. The summed E-state index contributed by atoms with van der Waals surface area (Å²) in [6.45, 7) is 14.1. The number of hydrogen-bond acceptors (Lipinski definition) is 9. The molecule has 264 valence electrons. The van der Waals surface area contributed by atoms with Crippen LogP contribution in [0.5, 0.6) is 5.75 Å². The van der Waals surface area contributed by atoms with Gasteiger partial charge in [-0.25, -0.2) is 14.8 Å². The van der Waals surface area contributed by atoms with E-state index in [2.05, 4.69) is 15.2 Å². The number of anilines is 2. The van der Waals surface area contributed by atoms with Crippen LogP contribution in [0.15, 0.2) is 30.5 Å². The van der Waals surface area contributed by atoms with Crippen LogP contribution in [-0.4, -0.2) is 127 Å². The number of piperazine rings is 1. The van der Waals surface area contributed by atoms with Gasteiger partial charge in [0.05, 0.1) is 24.8 Å². The molecular weight excluding hydrogens is 614 g/mol. The summed E-state index contributed by atoms with van der Waals surface area (Å²) >= 11 is 0. The van der Waals surface area contributed by atoms with Gasteiger partial charge in [-0.15, -0.1) is 0 Å². The molecule has 2 aliphatic rings. The molecular formula is C35H53N7O6. The second-order valence-electron chi connectivity index (χ2n) is 14.1. The minimum absolute atomic E-state index is 0.0825. The fraction of sp³-hybridized carbons (Fsp3) is 0.629. The molecule has 3 amide bonds. The lowest BCUT2D eigenvalue weighted by Crippen LogP contribution is -2.58. The number of carbonyl (C=O) groups is 3. The van der Waals surface area contributed by atoms with E-state index in [0.29, 0.717) is 69.5 Å². The summed E-state index contributed by atoms with van der Waals surface area (Å²) in [5.41, 5.74) is 0.973. The van der Waals surface area contributed by atoms with Crippen LogP contribution in [0, 0.1) is 11.8 Å².